The molecular weight excluding hydrogens is 238 g/mol. The van der Waals surface area contributed by atoms with Gasteiger partial charge >= 0.3 is 0 Å². The van der Waals surface area contributed by atoms with E-state index >= 15 is 0 Å². The lowest BCUT2D eigenvalue weighted by molar-refractivity contribution is -0.116. The van der Waals surface area contributed by atoms with E-state index in [4.69, 9.17) is 5.73 Å². The van der Waals surface area contributed by atoms with Crippen molar-refractivity contribution in [2.75, 3.05) is 0 Å². The molecule has 6 heteroatoms. The Labute approximate surface area is 106 Å². The third-order valence-electron chi connectivity index (χ3n) is 2.39. The van der Waals surface area contributed by atoms with E-state index in [0.29, 0.717) is 6.42 Å². The van der Waals surface area contributed by atoms with Gasteiger partial charge in [0.25, 0.3) is 0 Å². The fourth-order valence-electron chi connectivity index (χ4n) is 1.24. The summed E-state index contributed by atoms with van der Waals surface area (Å²) in [5.74, 6) is -0.472. The van der Waals surface area contributed by atoms with Crippen molar-refractivity contribution in [2.45, 2.75) is 44.1 Å². The van der Waals surface area contributed by atoms with Gasteiger partial charge in [-0.1, -0.05) is 19.1 Å². The minimum atomic E-state index is -1.73. The molecule has 0 spiro atoms. The molecule has 104 valence electrons. The number of hydrogen-bond donors (Lipinski definition) is 5. The van der Waals surface area contributed by atoms with Gasteiger partial charge in [-0.3, -0.25) is 0 Å². The molecule has 0 fully saturated rings. The number of carbonyl (C=O) groups excluding carboxylic acids is 1. The van der Waals surface area contributed by atoms with Crippen molar-refractivity contribution < 1.29 is 25.2 Å². The van der Waals surface area contributed by atoms with Crippen molar-refractivity contribution in [2.24, 2.45) is 5.73 Å². The molecule has 0 aromatic rings. The number of nitrogens with two attached hydrogens (primary N) is 1. The topological polar surface area (TPSA) is 124 Å². The number of aliphatic hydroxyl groups excluding tert-OH is 4. The Morgan fingerprint density at radius 3 is 2.33 bits per heavy atom. The van der Waals surface area contributed by atoms with Gasteiger partial charge in [-0.2, -0.15) is 0 Å². The maximum Gasteiger partial charge on any atom is 0.139 e. The summed E-state index contributed by atoms with van der Waals surface area (Å²) in [4.78, 5) is 10.3. The fraction of sp³-hybridized carbons (Fsp3) is 0.583. The number of hydrogen-bond acceptors (Lipinski definition) is 6. The highest BCUT2D eigenvalue weighted by molar-refractivity contribution is 5.58. The third kappa shape index (κ3) is 5.42. The van der Waals surface area contributed by atoms with E-state index in [1.54, 1.807) is 6.08 Å². The average Bonchev–Trinajstić information content (AvgIpc) is 2.39. The molecular formula is C12H21NO5. The minimum absolute atomic E-state index is 0.255. The van der Waals surface area contributed by atoms with E-state index in [2.05, 4.69) is 0 Å². The first kappa shape index (κ1) is 16.8. The first-order chi connectivity index (χ1) is 8.45. The van der Waals surface area contributed by atoms with Gasteiger partial charge < -0.3 is 31.0 Å². The van der Waals surface area contributed by atoms with E-state index in [1.165, 1.54) is 6.08 Å². The van der Waals surface area contributed by atoms with Crippen LogP contribution in [0.25, 0.3) is 0 Å². The van der Waals surface area contributed by atoms with Crippen LogP contribution in [-0.2, 0) is 4.79 Å². The molecule has 0 aliphatic heterocycles. The summed E-state index contributed by atoms with van der Waals surface area (Å²) in [7, 11) is 0. The molecule has 0 amide bonds. The Morgan fingerprint density at radius 2 is 1.83 bits per heavy atom. The number of aldehydes is 1. The zero-order valence-electron chi connectivity index (χ0n) is 10.3. The summed E-state index contributed by atoms with van der Waals surface area (Å²) in [5, 5.41) is 37.9. The molecule has 0 radical (unpaired) electrons. The number of aliphatic hydroxyl groups is 4. The molecule has 0 bridgehead atoms. The average molecular weight is 259 g/mol. The van der Waals surface area contributed by atoms with Crippen LogP contribution in [-0.4, -0.2) is 51.1 Å². The molecule has 0 heterocycles. The van der Waals surface area contributed by atoms with Crippen molar-refractivity contribution in [3.8, 4) is 0 Å². The van der Waals surface area contributed by atoms with Crippen LogP contribution < -0.4 is 5.73 Å². The maximum absolute atomic E-state index is 10.3. The Morgan fingerprint density at radius 1 is 1.22 bits per heavy atom. The zero-order valence-corrected chi connectivity index (χ0v) is 10.3. The van der Waals surface area contributed by atoms with E-state index in [-0.39, 0.29) is 6.29 Å². The Hall–Kier alpha value is -1.21. The standard InChI is InChI=1S/C12H21NO5/c1-2-3-4-5-6-9(15)11(17)12(18)10(16)8(13)7-14/h3-4,6-8,10-12,15-18H,2,5,13H2,1H3/b4-3+,9-6+/t8-,10+,11?,12-/m0/s1. The van der Waals surface area contributed by atoms with Crippen molar-refractivity contribution in [3.63, 3.8) is 0 Å². The zero-order chi connectivity index (χ0) is 14.1. The Kier molecular flexibility index (Phi) is 8.23. The van der Waals surface area contributed by atoms with Gasteiger partial charge in [-0.25, -0.2) is 0 Å². The van der Waals surface area contributed by atoms with Crippen LogP contribution in [0, 0.1) is 0 Å². The first-order valence-corrected chi connectivity index (χ1v) is 5.74. The highest BCUT2D eigenvalue weighted by atomic mass is 16.4. The summed E-state index contributed by atoms with van der Waals surface area (Å²) in [6.45, 7) is 1.95. The molecule has 0 saturated carbocycles. The molecule has 0 rings (SSSR count). The van der Waals surface area contributed by atoms with Crippen molar-refractivity contribution in [1.29, 1.82) is 0 Å². The van der Waals surface area contributed by atoms with Crippen molar-refractivity contribution in [1.82, 2.24) is 0 Å². The SMILES string of the molecule is CC/C=C/C/C=C(/O)C(O)[C@@H](O)[C@H](O)[C@@H](N)C=O. The second-order valence-electron chi connectivity index (χ2n) is 3.88. The summed E-state index contributed by atoms with van der Waals surface area (Å²) in [5.41, 5.74) is 5.19. The lowest BCUT2D eigenvalue weighted by Crippen LogP contribution is -2.49. The second kappa shape index (κ2) is 8.82. The Balaban J connectivity index is 4.47. The van der Waals surface area contributed by atoms with Gasteiger partial charge in [-0.05, 0) is 18.9 Å². The molecule has 0 aliphatic carbocycles. The fourth-order valence-corrected chi connectivity index (χ4v) is 1.24. The van der Waals surface area contributed by atoms with Gasteiger partial charge in [0.05, 0.1) is 6.04 Å². The van der Waals surface area contributed by atoms with E-state index in [9.17, 15) is 25.2 Å². The molecule has 6 nitrogen and oxygen atoms in total. The first-order valence-electron chi connectivity index (χ1n) is 5.74. The third-order valence-corrected chi connectivity index (χ3v) is 2.39. The molecule has 0 saturated heterocycles. The molecule has 0 aliphatic rings. The van der Waals surface area contributed by atoms with Gasteiger partial charge in [-0.15, -0.1) is 0 Å². The van der Waals surface area contributed by atoms with Gasteiger partial charge in [0.2, 0.25) is 0 Å². The molecule has 18 heavy (non-hydrogen) atoms. The number of rotatable bonds is 8. The Bertz CT molecular complexity index is 303. The predicted octanol–water partition coefficient (Wildman–Crippen LogP) is -0.607. The number of carbonyl (C=O) groups is 1. The van der Waals surface area contributed by atoms with Crippen LogP contribution in [0.15, 0.2) is 24.0 Å². The normalized spacial score (nSPS) is 19.5. The van der Waals surface area contributed by atoms with Crippen molar-refractivity contribution in [3.05, 3.63) is 24.0 Å². The predicted molar refractivity (Wildman–Crippen MR) is 66.8 cm³/mol. The lowest BCUT2D eigenvalue weighted by atomic mass is 10.0. The van der Waals surface area contributed by atoms with E-state index in [0.717, 1.165) is 6.42 Å². The summed E-state index contributed by atoms with van der Waals surface area (Å²) < 4.78 is 0. The van der Waals surface area contributed by atoms with Crippen LogP contribution in [0.1, 0.15) is 19.8 Å². The summed E-state index contributed by atoms with van der Waals surface area (Å²) >= 11 is 0. The minimum Gasteiger partial charge on any atom is -0.510 e. The highest BCUT2D eigenvalue weighted by Gasteiger charge is 2.31. The second-order valence-corrected chi connectivity index (χ2v) is 3.88. The monoisotopic (exact) mass is 259 g/mol. The van der Waals surface area contributed by atoms with Crippen LogP contribution in [0.4, 0.5) is 0 Å². The van der Waals surface area contributed by atoms with Crippen LogP contribution in [0.3, 0.4) is 0 Å². The quantitative estimate of drug-likeness (QED) is 0.225. The molecule has 0 aromatic carbocycles. The lowest BCUT2D eigenvalue weighted by Gasteiger charge is -2.24. The molecule has 1 unspecified atom stereocenters. The van der Waals surface area contributed by atoms with Gasteiger partial charge in [0, 0.05) is 0 Å². The summed E-state index contributed by atoms with van der Waals surface area (Å²) in [6, 6.07) is -1.32. The summed E-state index contributed by atoms with van der Waals surface area (Å²) in [6.07, 6.45) is 1.42. The number of allylic oxidation sites excluding steroid dienone is 3. The van der Waals surface area contributed by atoms with Gasteiger partial charge in [0.15, 0.2) is 0 Å². The molecule has 0 aromatic heterocycles. The van der Waals surface area contributed by atoms with Gasteiger partial charge in [0.1, 0.15) is 30.4 Å². The van der Waals surface area contributed by atoms with Crippen LogP contribution >= 0.6 is 0 Å². The van der Waals surface area contributed by atoms with E-state index in [1.807, 2.05) is 13.0 Å². The molecule has 6 N–H and O–H groups in total. The maximum atomic E-state index is 10.3. The van der Waals surface area contributed by atoms with Crippen LogP contribution in [0.2, 0.25) is 0 Å². The largest absolute Gasteiger partial charge is 0.510 e. The smallest absolute Gasteiger partial charge is 0.139 e. The molecule has 4 atom stereocenters. The van der Waals surface area contributed by atoms with Crippen LogP contribution in [0.5, 0.6) is 0 Å². The highest BCUT2D eigenvalue weighted by Crippen LogP contribution is 2.10. The van der Waals surface area contributed by atoms with E-state index < -0.39 is 30.1 Å². The van der Waals surface area contributed by atoms with Crippen molar-refractivity contribution >= 4 is 6.29 Å².